The summed E-state index contributed by atoms with van der Waals surface area (Å²) >= 11 is 0. The van der Waals surface area contributed by atoms with E-state index in [1.165, 1.54) is 25.7 Å². The molecule has 0 spiro atoms. The van der Waals surface area contributed by atoms with E-state index in [0.717, 1.165) is 31.7 Å². The molecule has 3 heteroatoms. The summed E-state index contributed by atoms with van der Waals surface area (Å²) in [5, 5.41) is 3.53. The van der Waals surface area contributed by atoms with Gasteiger partial charge in [0.1, 0.15) is 0 Å². The first-order valence-corrected chi connectivity index (χ1v) is 7.76. The third-order valence-electron chi connectivity index (χ3n) is 5.14. The number of carbonyl (C=O) groups is 1. The van der Waals surface area contributed by atoms with Crippen molar-refractivity contribution in [1.82, 2.24) is 10.2 Å². The Hall–Kier alpha value is -0.570. The van der Waals surface area contributed by atoms with Gasteiger partial charge in [-0.3, -0.25) is 10.1 Å². The molecular weight excluding hydrogens is 224 g/mol. The van der Waals surface area contributed by atoms with Crippen molar-refractivity contribution < 1.29 is 4.79 Å². The molecule has 1 N–H and O–H groups in total. The average molecular weight is 250 g/mol. The normalized spacial score (nSPS) is 34.1. The summed E-state index contributed by atoms with van der Waals surface area (Å²) in [6.07, 6.45) is 9.01. The lowest BCUT2D eigenvalue weighted by Crippen LogP contribution is -2.41. The fourth-order valence-corrected chi connectivity index (χ4v) is 3.63. The highest BCUT2D eigenvalue weighted by atomic mass is 16.2. The monoisotopic (exact) mass is 250 g/mol. The van der Waals surface area contributed by atoms with Crippen molar-refractivity contribution in [2.75, 3.05) is 6.54 Å². The van der Waals surface area contributed by atoms with E-state index in [1.54, 1.807) is 0 Å². The summed E-state index contributed by atoms with van der Waals surface area (Å²) in [6, 6.07) is 0.0801. The van der Waals surface area contributed by atoms with Gasteiger partial charge in [-0.2, -0.15) is 0 Å². The number of nitrogens with one attached hydrogen (secondary N) is 1. The number of hydrogen-bond acceptors (Lipinski definition) is 2. The number of amides is 1. The van der Waals surface area contributed by atoms with Crippen molar-refractivity contribution in [2.24, 2.45) is 11.3 Å². The third kappa shape index (κ3) is 2.07. The maximum atomic E-state index is 12.4. The lowest BCUT2D eigenvalue weighted by Gasteiger charge is -2.28. The van der Waals surface area contributed by atoms with Crippen molar-refractivity contribution >= 4 is 5.91 Å². The van der Waals surface area contributed by atoms with Crippen LogP contribution < -0.4 is 5.32 Å². The van der Waals surface area contributed by atoms with Crippen LogP contribution in [0.4, 0.5) is 0 Å². The first kappa shape index (κ1) is 12.5. The summed E-state index contributed by atoms with van der Waals surface area (Å²) in [5.74, 6) is 1.30. The molecule has 3 nitrogen and oxygen atoms in total. The molecule has 3 rings (SSSR count). The lowest BCUT2D eigenvalue weighted by atomic mass is 9.99. The maximum Gasteiger partial charge on any atom is 0.241 e. The van der Waals surface area contributed by atoms with Gasteiger partial charge in [-0.25, -0.2) is 0 Å². The Labute approximate surface area is 110 Å². The van der Waals surface area contributed by atoms with Gasteiger partial charge < -0.3 is 4.90 Å². The molecular formula is C15H26N2O. The molecule has 0 aromatic heterocycles. The second-order valence-electron chi connectivity index (χ2n) is 6.53. The van der Waals surface area contributed by atoms with Crippen LogP contribution in [0, 0.1) is 11.3 Å². The van der Waals surface area contributed by atoms with E-state index < -0.39 is 0 Å². The highest BCUT2D eigenvalue weighted by Gasteiger charge is 2.56. The standard InChI is InChI=1S/C15H26N2O/c1-3-5-13-16-12(4-2)14(18)17(13)10-15(8-9-15)11-6-7-11/h11-13,16H,3-10H2,1-2H3. The largest absolute Gasteiger partial charge is 0.325 e. The van der Waals surface area contributed by atoms with Crippen LogP contribution in [0.3, 0.4) is 0 Å². The number of rotatable bonds is 6. The fraction of sp³-hybridized carbons (Fsp3) is 0.933. The molecule has 1 saturated heterocycles. The molecule has 0 aromatic rings. The first-order chi connectivity index (χ1) is 8.70. The van der Waals surface area contributed by atoms with Crippen LogP contribution in [0.2, 0.25) is 0 Å². The highest BCUT2D eigenvalue weighted by molar-refractivity contribution is 5.84. The minimum Gasteiger partial charge on any atom is -0.325 e. The van der Waals surface area contributed by atoms with Gasteiger partial charge in [0, 0.05) is 6.54 Å². The van der Waals surface area contributed by atoms with Gasteiger partial charge in [0.15, 0.2) is 0 Å². The van der Waals surface area contributed by atoms with E-state index in [2.05, 4.69) is 24.1 Å². The molecule has 0 aromatic carbocycles. The van der Waals surface area contributed by atoms with Crippen LogP contribution in [0.1, 0.15) is 58.8 Å². The molecule has 0 radical (unpaired) electrons. The van der Waals surface area contributed by atoms with Gasteiger partial charge in [-0.1, -0.05) is 20.3 Å². The van der Waals surface area contributed by atoms with Gasteiger partial charge in [0.2, 0.25) is 5.91 Å². The summed E-state index contributed by atoms with van der Waals surface area (Å²) in [7, 11) is 0. The van der Waals surface area contributed by atoms with Crippen molar-refractivity contribution in [3.8, 4) is 0 Å². The molecule has 0 bridgehead atoms. The number of nitrogens with zero attached hydrogens (tertiary/aromatic N) is 1. The molecule has 18 heavy (non-hydrogen) atoms. The topological polar surface area (TPSA) is 32.3 Å². The zero-order valence-electron chi connectivity index (χ0n) is 11.7. The molecule has 2 aliphatic carbocycles. The van der Waals surface area contributed by atoms with Crippen LogP contribution in [0.25, 0.3) is 0 Å². The fourth-order valence-electron chi connectivity index (χ4n) is 3.63. The van der Waals surface area contributed by atoms with E-state index in [0.29, 0.717) is 17.5 Å². The first-order valence-electron chi connectivity index (χ1n) is 7.76. The van der Waals surface area contributed by atoms with Crippen LogP contribution in [0.5, 0.6) is 0 Å². The Kier molecular flexibility index (Phi) is 3.13. The van der Waals surface area contributed by atoms with Crippen LogP contribution in [0.15, 0.2) is 0 Å². The summed E-state index contributed by atoms with van der Waals surface area (Å²) in [5.41, 5.74) is 0.534. The lowest BCUT2D eigenvalue weighted by molar-refractivity contribution is -0.131. The van der Waals surface area contributed by atoms with Gasteiger partial charge >= 0.3 is 0 Å². The van der Waals surface area contributed by atoms with Gasteiger partial charge in [0.25, 0.3) is 0 Å². The Bertz CT molecular complexity index is 333. The molecule has 3 aliphatic rings. The second-order valence-corrected chi connectivity index (χ2v) is 6.53. The molecule has 1 heterocycles. The Morgan fingerprint density at radius 1 is 1.33 bits per heavy atom. The molecule has 3 fully saturated rings. The Balaban J connectivity index is 1.69. The predicted octanol–water partition coefficient (Wildman–Crippen LogP) is 2.51. The molecule has 1 aliphatic heterocycles. The third-order valence-corrected chi connectivity index (χ3v) is 5.14. The number of hydrogen-bond donors (Lipinski definition) is 1. The predicted molar refractivity (Wildman–Crippen MR) is 72.0 cm³/mol. The zero-order valence-corrected chi connectivity index (χ0v) is 11.7. The molecule has 2 unspecified atom stereocenters. The summed E-state index contributed by atoms with van der Waals surface area (Å²) < 4.78 is 0. The van der Waals surface area contributed by atoms with Gasteiger partial charge in [-0.05, 0) is 49.9 Å². The Morgan fingerprint density at radius 2 is 2.06 bits per heavy atom. The molecule has 2 saturated carbocycles. The van der Waals surface area contributed by atoms with Crippen LogP contribution in [-0.2, 0) is 4.79 Å². The zero-order chi connectivity index (χ0) is 12.8. The van der Waals surface area contributed by atoms with E-state index >= 15 is 0 Å². The van der Waals surface area contributed by atoms with E-state index in [4.69, 9.17) is 0 Å². The molecule has 102 valence electrons. The van der Waals surface area contributed by atoms with Crippen molar-refractivity contribution in [3.05, 3.63) is 0 Å². The Morgan fingerprint density at radius 3 is 2.56 bits per heavy atom. The van der Waals surface area contributed by atoms with E-state index in [-0.39, 0.29) is 6.04 Å². The molecule has 1 amide bonds. The minimum absolute atomic E-state index is 0.0801. The number of carbonyl (C=O) groups excluding carboxylic acids is 1. The second kappa shape index (κ2) is 4.52. The van der Waals surface area contributed by atoms with Crippen molar-refractivity contribution in [2.45, 2.75) is 71.0 Å². The van der Waals surface area contributed by atoms with E-state index in [9.17, 15) is 4.79 Å². The van der Waals surface area contributed by atoms with Crippen LogP contribution >= 0.6 is 0 Å². The van der Waals surface area contributed by atoms with Gasteiger partial charge in [-0.15, -0.1) is 0 Å². The summed E-state index contributed by atoms with van der Waals surface area (Å²) in [6.45, 7) is 5.35. The SMILES string of the molecule is CCCC1NC(CC)C(=O)N1CC1(C2CC2)CC1. The quantitative estimate of drug-likeness (QED) is 0.785. The van der Waals surface area contributed by atoms with Crippen molar-refractivity contribution in [1.29, 1.82) is 0 Å². The highest BCUT2D eigenvalue weighted by Crippen LogP contribution is 2.61. The van der Waals surface area contributed by atoms with Crippen LogP contribution in [-0.4, -0.2) is 29.6 Å². The maximum absolute atomic E-state index is 12.4. The van der Waals surface area contributed by atoms with Gasteiger partial charge in [0.05, 0.1) is 12.2 Å². The minimum atomic E-state index is 0.0801. The summed E-state index contributed by atoms with van der Waals surface area (Å²) in [4.78, 5) is 14.6. The average Bonchev–Trinajstić information content (AvgIpc) is 3.24. The molecule has 2 atom stereocenters. The smallest absolute Gasteiger partial charge is 0.241 e. The van der Waals surface area contributed by atoms with E-state index in [1.807, 2.05) is 0 Å². The van der Waals surface area contributed by atoms with Crippen molar-refractivity contribution in [3.63, 3.8) is 0 Å².